The van der Waals surface area contributed by atoms with Gasteiger partial charge in [0.15, 0.2) is 0 Å². The van der Waals surface area contributed by atoms with Crippen LogP contribution in [0.15, 0.2) is 24.3 Å². The Morgan fingerprint density at radius 3 is 2.74 bits per heavy atom. The van der Waals surface area contributed by atoms with E-state index >= 15 is 0 Å². The molecule has 3 aliphatic rings. The number of piperidine rings is 2. The molecule has 7 heteroatoms. The SMILES string of the molecule is C[C@H]1CN([C@@H](C)CN2CCC(NC(=O)c3cc4c(OCC5CC5)cccc4[nH]3)CC2)CC[C@@H]1O. The number of aromatic nitrogens is 1. The van der Waals surface area contributed by atoms with Crippen LogP contribution in [-0.2, 0) is 0 Å². The number of aromatic amines is 1. The second-order valence-electron chi connectivity index (χ2n) is 10.9. The lowest BCUT2D eigenvalue weighted by molar-refractivity contribution is 0.0115. The summed E-state index contributed by atoms with van der Waals surface area (Å²) < 4.78 is 6.01. The zero-order valence-corrected chi connectivity index (χ0v) is 20.6. The molecule has 34 heavy (non-hydrogen) atoms. The minimum Gasteiger partial charge on any atom is -0.493 e. The fraction of sp³-hybridized carbons (Fsp3) is 0.667. The van der Waals surface area contributed by atoms with E-state index in [0.717, 1.165) is 75.2 Å². The molecule has 0 spiro atoms. The second kappa shape index (κ2) is 10.3. The second-order valence-corrected chi connectivity index (χ2v) is 10.9. The van der Waals surface area contributed by atoms with Crippen LogP contribution >= 0.6 is 0 Å². The predicted molar refractivity (Wildman–Crippen MR) is 134 cm³/mol. The summed E-state index contributed by atoms with van der Waals surface area (Å²) in [5, 5.41) is 14.2. The first kappa shape index (κ1) is 23.6. The first-order chi connectivity index (χ1) is 16.5. The molecule has 3 heterocycles. The fourth-order valence-corrected chi connectivity index (χ4v) is 5.45. The van der Waals surface area contributed by atoms with Crippen LogP contribution in [0.1, 0.15) is 56.4 Å². The van der Waals surface area contributed by atoms with E-state index in [1.807, 2.05) is 24.3 Å². The highest BCUT2D eigenvalue weighted by Crippen LogP contribution is 2.32. The van der Waals surface area contributed by atoms with E-state index < -0.39 is 0 Å². The summed E-state index contributed by atoms with van der Waals surface area (Å²) in [7, 11) is 0. The Balaban J connectivity index is 1.10. The lowest BCUT2D eigenvalue weighted by Crippen LogP contribution is -2.52. The number of nitrogens with one attached hydrogen (secondary N) is 2. The van der Waals surface area contributed by atoms with Gasteiger partial charge in [0.25, 0.3) is 5.91 Å². The van der Waals surface area contributed by atoms with Gasteiger partial charge in [0.05, 0.1) is 12.7 Å². The van der Waals surface area contributed by atoms with Gasteiger partial charge in [-0.15, -0.1) is 0 Å². The highest BCUT2D eigenvalue weighted by atomic mass is 16.5. The lowest BCUT2D eigenvalue weighted by Gasteiger charge is -2.41. The van der Waals surface area contributed by atoms with Crippen molar-refractivity contribution < 1.29 is 14.6 Å². The molecule has 0 unspecified atom stereocenters. The van der Waals surface area contributed by atoms with Crippen LogP contribution in [0.2, 0.25) is 0 Å². The maximum Gasteiger partial charge on any atom is 0.267 e. The van der Waals surface area contributed by atoms with E-state index in [-0.39, 0.29) is 18.1 Å². The van der Waals surface area contributed by atoms with Gasteiger partial charge in [-0.05, 0) is 69.1 Å². The number of amides is 1. The number of hydrogen-bond acceptors (Lipinski definition) is 5. The van der Waals surface area contributed by atoms with Gasteiger partial charge in [-0.3, -0.25) is 9.69 Å². The Bertz CT molecular complexity index is 979. The number of carbonyl (C=O) groups is 1. The molecule has 1 saturated carbocycles. The average Bonchev–Trinajstić information content (AvgIpc) is 3.56. The lowest BCUT2D eigenvalue weighted by atomic mass is 9.95. The van der Waals surface area contributed by atoms with E-state index in [9.17, 15) is 9.90 Å². The van der Waals surface area contributed by atoms with Crippen molar-refractivity contribution in [3.63, 3.8) is 0 Å². The molecular weight excluding hydrogens is 428 g/mol. The number of fused-ring (bicyclic) bond motifs is 1. The molecule has 1 aromatic carbocycles. The third kappa shape index (κ3) is 5.58. The molecule has 5 rings (SSSR count). The monoisotopic (exact) mass is 468 g/mol. The Morgan fingerprint density at radius 2 is 2.00 bits per heavy atom. The van der Waals surface area contributed by atoms with Crippen LogP contribution in [-0.4, -0.2) is 83.3 Å². The van der Waals surface area contributed by atoms with Gasteiger partial charge in [0.1, 0.15) is 11.4 Å². The molecule has 2 aliphatic heterocycles. The molecule has 0 radical (unpaired) electrons. The van der Waals surface area contributed by atoms with Crippen molar-refractivity contribution >= 4 is 16.8 Å². The Hall–Kier alpha value is -2.09. The molecule has 2 aromatic rings. The highest BCUT2D eigenvalue weighted by Gasteiger charge is 2.29. The molecule has 1 amide bonds. The summed E-state index contributed by atoms with van der Waals surface area (Å²) in [5.74, 6) is 1.88. The quantitative estimate of drug-likeness (QED) is 0.554. The van der Waals surface area contributed by atoms with Crippen molar-refractivity contribution in [1.82, 2.24) is 20.1 Å². The summed E-state index contributed by atoms with van der Waals surface area (Å²) in [6, 6.07) is 8.60. The predicted octanol–water partition coefficient (Wildman–Crippen LogP) is 3.24. The largest absolute Gasteiger partial charge is 0.493 e. The third-order valence-corrected chi connectivity index (χ3v) is 8.00. The van der Waals surface area contributed by atoms with Gasteiger partial charge in [-0.25, -0.2) is 0 Å². The van der Waals surface area contributed by atoms with Crippen LogP contribution in [0.5, 0.6) is 5.75 Å². The smallest absolute Gasteiger partial charge is 0.267 e. The van der Waals surface area contributed by atoms with Crippen molar-refractivity contribution in [3.05, 3.63) is 30.0 Å². The zero-order valence-electron chi connectivity index (χ0n) is 20.6. The molecule has 3 N–H and O–H groups in total. The summed E-state index contributed by atoms with van der Waals surface area (Å²) in [5.41, 5.74) is 1.55. The van der Waals surface area contributed by atoms with Crippen LogP contribution < -0.4 is 10.1 Å². The molecule has 2 saturated heterocycles. The fourth-order valence-electron chi connectivity index (χ4n) is 5.45. The summed E-state index contributed by atoms with van der Waals surface area (Å²) in [6.45, 7) is 10.2. The molecule has 1 aromatic heterocycles. The summed E-state index contributed by atoms with van der Waals surface area (Å²) >= 11 is 0. The Kier molecular flexibility index (Phi) is 7.14. The first-order valence-electron chi connectivity index (χ1n) is 13.2. The number of H-pyrrole nitrogens is 1. The maximum absolute atomic E-state index is 13.0. The Labute approximate surface area is 202 Å². The number of aliphatic hydroxyl groups is 1. The van der Waals surface area contributed by atoms with Crippen molar-refractivity contribution in [2.24, 2.45) is 11.8 Å². The van der Waals surface area contributed by atoms with Crippen LogP contribution in [0, 0.1) is 11.8 Å². The highest BCUT2D eigenvalue weighted by molar-refractivity contribution is 5.99. The third-order valence-electron chi connectivity index (χ3n) is 8.00. The molecule has 3 fully saturated rings. The van der Waals surface area contributed by atoms with E-state index in [4.69, 9.17) is 4.74 Å². The van der Waals surface area contributed by atoms with Crippen LogP contribution in [0.4, 0.5) is 0 Å². The van der Waals surface area contributed by atoms with Crippen LogP contribution in [0.25, 0.3) is 10.9 Å². The van der Waals surface area contributed by atoms with Crippen molar-refractivity contribution in [1.29, 1.82) is 0 Å². The van der Waals surface area contributed by atoms with Gasteiger partial charge in [0, 0.05) is 55.7 Å². The summed E-state index contributed by atoms with van der Waals surface area (Å²) in [4.78, 5) is 21.3. The number of rotatable bonds is 8. The van der Waals surface area contributed by atoms with Gasteiger partial charge >= 0.3 is 0 Å². The van der Waals surface area contributed by atoms with Gasteiger partial charge < -0.3 is 25.0 Å². The maximum atomic E-state index is 13.0. The molecular formula is C27H40N4O3. The number of hydrogen-bond donors (Lipinski definition) is 3. The minimum atomic E-state index is -0.151. The topological polar surface area (TPSA) is 80.8 Å². The summed E-state index contributed by atoms with van der Waals surface area (Å²) in [6.07, 6.45) is 5.20. The van der Waals surface area contributed by atoms with Crippen molar-refractivity contribution in [2.45, 2.75) is 64.1 Å². The molecule has 0 bridgehead atoms. The zero-order chi connectivity index (χ0) is 23.7. The first-order valence-corrected chi connectivity index (χ1v) is 13.2. The molecule has 186 valence electrons. The van der Waals surface area contributed by atoms with E-state index in [1.54, 1.807) is 0 Å². The Morgan fingerprint density at radius 1 is 1.21 bits per heavy atom. The number of aliphatic hydroxyl groups excluding tert-OH is 1. The van der Waals surface area contributed by atoms with Crippen LogP contribution in [0.3, 0.4) is 0 Å². The number of likely N-dealkylation sites (tertiary alicyclic amines) is 2. The number of nitrogens with zero attached hydrogens (tertiary/aromatic N) is 2. The molecule has 7 nitrogen and oxygen atoms in total. The molecule has 1 aliphatic carbocycles. The molecule has 3 atom stereocenters. The normalized spacial score (nSPS) is 26.0. The van der Waals surface area contributed by atoms with Gasteiger partial charge in [-0.1, -0.05) is 13.0 Å². The number of ether oxygens (including phenoxy) is 1. The van der Waals surface area contributed by atoms with E-state index in [2.05, 4.69) is 33.9 Å². The van der Waals surface area contributed by atoms with E-state index in [1.165, 1.54) is 12.8 Å². The standard InChI is InChI=1S/C27H40N4O3/c1-18-15-31(13-10-25(18)32)19(2)16-30-11-8-21(9-12-30)28-27(33)24-14-22-23(29-24)4-3-5-26(22)34-17-20-6-7-20/h3-5,14,18-21,25,29,32H,6-13,15-17H2,1-2H3,(H,28,33)/t18-,19-,25-/m0/s1. The average molecular weight is 469 g/mol. The van der Waals surface area contributed by atoms with E-state index in [0.29, 0.717) is 23.6 Å². The number of carbonyl (C=O) groups excluding carboxylic acids is 1. The number of benzene rings is 1. The van der Waals surface area contributed by atoms with Crippen molar-refractivity contribution in [2.75, 3.05) is 39.3 Å². The van der Waals surface area contributed by atoms with Crippen molar-refractivity contribution in [3.8, 4) is 5.75 Å². The van der Waals surface area contributed by atoms with Gasteiger partial charge in [-0.2, -0.15) is 0 Å². The minimum absolute atomic E-state index is 0.0305. The van der Waals surface area contributed by atoms with Gasteiger partial charge in [0.2, 0.25) is 0 Å².